The molecule has 0 spiro atoms. The third-order valence-electron chi connectivity index (χ3n) is 2.71. The Morgan fingerprint density at radius 3 is 2.35 bits per heavy atom. The summed E-state index contributed by atoms with van der Waals surface area (Å²) < 4.78 is 0. The normalized spacial score (nSPS) is 10.8. The molecule has 0 aliphatic heterocycles. The van der Waals surface area contributed by atoms with Crippen LogP contribution in [0.5, 0.6) is 0 Å². The lowest BCUT2D eigenvalue weighted by molar-refractivity contribution is 0.647. The molecule has 0 aliphatic rings. The number of benzene rings is 1. The Kier molecular flexibility index (Phi) is 3.43. The molecule has 0 bridgehead atoms. The van der Waals surface area contributed by atoms with Crippen molar-refractivity contribution in [2.75, 3.05) is 5.73 Å². The van der Waals surface area contributed by atoms with E-state index in [-0.39, 0.29) is 0 Å². The maximum atomic E-state index is 5.68. The zero-order valence-electron chi connectivity index (χ0n) is 10.4. The Morgan fingerprint density at radius 2 is 1.76 bits per heavy atom. The van der Waals surface area contributed by atoms with Gasteiger partial charge in [-0.25, -0.2) is 4.98 Å². The second-order valence-electron chi connectivity index (χ2n) is 4.76. The maximum Gasteiger partial charge on any atom is 0.123 e. The minimum absolute atomic E-state index is 0.564. The van der Waals surface area contributed by atoms with Gasteiger partial charge in [-0.05, 0) is 41.2 Å². The molecule has 0 radical (unpaired) electrons. The summed E-state index contributed by atoms with van der Waals surface area (Å²) in [6.45, 7) is 4.47. The van der Waals surface area contributed by atoms with Crippen molar-refractivity contribution in [1.82, 2.24) is 4.98 Å². The maximum absolute atomic E-state index is 5.68. The van der Waals surface area contributed by atoms with E-state index in [0.29, 0.717) is 11.7 Å². The molecule has 1 aromatic heterocycles. The van der Waals surface area contributed by atoms with Crippen LogP contribution in [0.1, 0.15) is 19.4 Å². The molecule has 0 amide bonds. The zero-order valence-corrected chi connectivity index (χ0v) is 10.4. The van der Waals surface area contributed by atoms with Crippen molar-refractivity contribution >= 4 is 5.82 Å². The Balaban J connectivity index is 2.23. The van der Waals surface area contributed by atoms with Crippen LogP contribution >= 0.6 is 0 Å². The van der Waals surface area contributed by atoms with Crippen LogP contribution in [0.2, 0.25) is 0 Å². The van der Waals surface area contributed by atoms with Crippen LogP contribution < -0.4 is 5.73 Å². The molecule has 0 fully saturated rings. The summed E-state index contributed by atoms with van der Waals surface area (Å²) in [5, 5.41) is 0. The van der Waals surface area contributed by atoms with Crippen molar-refractivity contribution in [2.24, 2.45) is 5.92 Å². The molecule has 2 nitrogen and oxygen atoms in total. The zero-order chi connectivity index (χ0) is 12.3. The van der Waals surface area contributed by atoms with Crippen molar-refractivity contribution in [1.29, 1.82) is 0 Å². The molecule has 2 heteroatoms. The van der Waals surface area contributed by atoms with Gasteiger partial charge in [0.15, 0.2) is 0 Å². The van der Waals surface area contributed by atoms with Gasteiger partial charge >= 0.3 is 0 Å². The Hall–Kier alpha value is -1.83. The van der Waals surface area contributed by atoms with E-state index >= 15 is 0 Å². The number of hydrogen-bond donors (Lipinski definition) is 1. The predicted molar refractivity (Wildman–Crippen MR) is 72.6 cm³/mol. The molecule has 1 heterocycles. The third-order valence-corrected chi connectivity index (χ3v) is 2.71. The van der Waals surface area contributed by atoms with Gasteiger partial charge in [0.1, 0.15) is 5.82 Å². The highest BCUT2D eigenvalue weighted by molar-refractivity contribution is 5.65. The molecular weight excluding hydrogens is 208 g/mol. The molecule has 2 rings (SSSR count). The second-order valence-corrected chi connectivity index (χ2v) is 4.76. The Bertz CT molecular complexity index is 487. The topological polar surface area (TPSA) is 38.9 Å². The van der Waals surface area contributed by atoms with E-state index in [4.69, 9.17) is 5.73 Å². The number of anilines is 1. The number of nitrogens with two attached hydrogens (primary N) is 1. The lowest BCUT2D eigenvalue weighted by Crippen LogP contribution is -1.93. The molecule has 1 aromatic carbocycles. The lowest BCUT2D eigenvalue weighted by Gasteiger charge is -2.07. The van der Waals surface area contributed by atoms with Gasteiger partial charge in [-0.1, -0.05) is 38.1 Å². The smallest absolute Gasteiger partial charge is 0.123 e. The fraction of sp³-hybridized carbons (Fsp3) is 0.267. The average molecular weight is 226 g/mol. The van der Waals surface area contributed by atoms with Gasteiger partial charge in [0.05, 0.1) is 0 Å². The number of pyridine rings is 1. The van der Waals surface area contributed by atoms with Gasteiger partial charge in [-0.2, -0.15) is 0 Å². The van der Waals surface area contributed by atoms with Crippen LogP contribution in [0.15, 0.2) is 42.6 Å². The number of nitrogen functional groups attached to an aromatic ring is 1. The number of nitrogens with zero attached hydrogens (tertiary/aromatic N) is 1. The van der Waals surface area contributed by atoms with E-state index in [1.165, 1.54) is 11.1 Å². The first-order valence-corrected chi connectivity index (χ1v) is 5.96. The fourth-order valence-corrected chi connectivity index (χ4v) is 1.93. The molecule has 88 valence electrons. The van der Waals surface area contributed by atoms with Gasteiger partial charge in [-0.15, -0.1) is 0 Å². The van der Waals surface area contributed by atoms with E-state index in [2.05, 4.69) is 43.1 Å². The molecule has 2 aromatic rings. The first-order chi connectivity index (χ1) is 8.15. The summed E-state index contributed by atoms with van der Waals surface area (Å²) >= 11 is 0. The van der Waals surface area contributed by atoms with E-state index in [9.17, 15) is 0 Å². The highest BCUT2D eigenvalue weighted by Gasteiger charge is 2.00. The number of rotatable bonds is 3. The molecule has 0 saturated carbocycles. The second kappa shape index (κ2) is 5.00. The Morgan fingerprint density at radius 1 is 1.06 bits per heavy atom. The molecular formula is C15H18N2. The van der Waals surface area contributed by atoms with Gasteiger partial charge in [-0.3, -0.25) is 0 Å². The van der Waals surface area contributed by atoms with Gasteiger partial charge in [0.25, 0.3) is 0 Å². The number of hydrogen-bond acceptors (Lipinski definition) is 2. The van der Waals surface area contributed by atoms with Crippen LogP contribution in [0.4, 0.5) is 5.82 Å². The first kappa shape index (κ1) is 11.6. The minimum Gasteiger partial charge on any atom is -0.384 e. The molecule has 0 aliphatic carbocycles. The van der Waals surface area contributed by atoms with Gasteiger partial charge < -0.3 is 5.73 Å². The third kappa shape index (κ3) is 3.06. The summed E-state index contributed by atoms with van der Waals surface area (Å²) in [5.41, 5.74) is 9.37. The molecule has 17 heavy (non-hydrogen) atoms. The van der Waals surface area contributed by atoms with Crippen LogP contribution in [0, 0.1) is 5.92 Å². The van der Waals surface area contributed by atoms with Crippen LogP contribution in [-0.2, 0) is 6.42 Å². The molecule has 2 N–H and O–H groups in total. The summed E-state index contributed by atoms with van der Waals surface area (Å²) in [7, 11) is 0. The van der Waals surface area contributed by atoms with E-state index < -0.39 is 0 Å². The summed E-state index contributed by atoms with van der Waals surface area (Å²) in [6.07, 6.45) is 2.87. The monoisotopic (exact) mass is 226 g/mol. The van der Waals surface area contributed by atoms with Crippen molar-refractivity contribution in [3.8, 4) is 11.1 Å². The molecule has 0 saturated heterocycles. The predicted octanol–water partition coefficient (Wildman–Crippen LogP) is 3.53. The quantitative estimate of drug-likeness (QED) is 0.869. The highest BCUT2D eigenvalue weighted by Crippen LogP contribution is 2.21. The minimum atomic E-state index is 0.564. The average Bonchev–Trinajstić information content (AvgIpc) is 2.29. The van der Waals surface area contributed by atoms with Gasteiger partial charge in [0, 0.05) is 6.20 Å². The summed E-state index contributed by atoms with van der Waals surface area (Å²) in [6, 6.07) is 12.5. The summed E-state index contributed by atoms with van der Waals surface area (Å²) in [4.78, 5) is 4.00. The largest absolute Gasteiger partial charge is 0.384 e. The van der Waals surface area contributed by atoms with Gasteiger partial charge in [0.2, 0.25) is 0 Å². The first-order valence-electron chi connectivity index (χ1n) is 5.96. The summed E-state index contributed by atoms with van der Waals surface area (Å²) in [5.74, 6) is 1.26. The Labute approximate surface area is 103 Å². The van der Waals surface area contributed by atoms with Crippen LogP contribution in [0.3, 0.4) is 0 Å². The van der Waals surface area contributed by atoms with Crippen molar-refractivity contribution in [3.63, 3.8) is 0 Å². The standard InChI is InChI=1S/C15H18N2/c1-11(2)9-12-3-5-13(6-4-12)14-7-8-17-15(16)10-14/h3-8,10-11H,9H2,1-2H3,(H2,16,17). The highest BCUT2D eigenvalue weighted by atomic mass is 14.8. The van der Waals surface area contributed by atoms with Crippen LogP contribution in [0.25, 0.3) is 11.1 Å². The molecule has 0 unspecified atom stereocenters. The van der Waals surface area contributed by atoms with E-state index in [0.717, 1.165) is 12.0 Å². The van der Waals surface area contributed by atoms with Crippen LogP contribution in [-0.4, -0.2) is 4.98 Å². The number of aromatic nitrogens is 1. The fourth-order valence-electron chi connectivity index (χ4n) is 1.93. The molecule has 0 atom stereocenters. The van der Waals surface area contributed by atoms with E-state index in [1.54, 1.807) is 6.20 Å². The van der Waals surface area contributed by atoms with Crippen molar-refractivity contribution in [3.05, 3.63) is 48.2 Å². The van der Waals surface area contributed by atoms with Crippen molar-refractivity contribution < 1.29 is 0 Å². The lowest BCUT2D eigenvalue weighted by atomic mass is 9.99. The van der Waals surface area contributed by atoms with E-state index in [1.807, 2.05) is 12.1 Å². The van der Waals surface area contributed by atoms with Crippen molar-refractivity contribution in [2.45, 2.75) is 20.3 Å². The SMILES string of the molecule is CC(C)Cc1ccc(-c2ccnc(N)c2)cc1.